The van der Waals surface area contributed by atoms with Gasteiger partial charge in [0, 0.05) is 12.5 Å². The van der Waals surface area contributed by atoms with Crippen LogP contribution in [0.15, 0.2) is 24.3 Å². The fourth-order valence-corrected chi connectivity index (χ4v) is 3.28. The molecule has 2 N–H and O–H groups in total. The van der Waals surface area contributed by atoms with Gasteiger partial charge < -0.3 is 19.9 Å². The van der Waals surface area contributed by atoms with Crippen molar-refractivity contribution in [2.45, 2.75) is 64.7 Å². The number of halogens is 1. The van der Waals surface area contributed by atoms with E-state index in [1.807, 2.05) is 6.92 Å². The van der Waals surface area contributed by atoms with E-state index in [4.69, 9.17) is 19.9 Å². The number of cyclic esters (lactones) is 1. The fourth-order valence-electron chi connectivity index (χ4n) is 3.28. The minimum Gasteiger partial charge on any atom is -0.459 e. The van der Waals surface area contributed by atoms with Crippen molar-refractivity contribution in [2.75, 3.05) is 19.8 Å². The van der Waals surface area contributed by atoms with Crippen molar-refractivity contribution in [3.8, 4) is 0 Å². The third kappa shape index (κ3) is 7.78. The first-order chi connectivity index (χ1) is 12.5. The van der Waals surface area contributed by atoms with Crippen LogP contribution in [0.3, 0.4) is 0 Å². The normalized spacial score (nSPS) is 26.3. The summed E-state index contributed by atoms with van der Waals surface area (Å²) in [6.45, 7) is 7.48. The van der Waals surface area contributed by atoms with E-state index in [0.717, 1.165) is 25.7 Å². The molecule has 1 heterocycles. The zero-order valence-electron chi connectivity index (χ0n) is 16.7. The lowest BCUT2D eigenvalue weighted by Crippen LogP contribution is -2.42. The van der Waals surface area contributed by atoms with Gasteiger partial charge in [-0.15, -0.1) is 12.4 Å². The smallest absolute Gasteiger partial charge is 0.325 e. The molecular weight excluding hydrogens is 366 g/mol. The van der Waals surface area contributed by atoms with E-state index in [0.29, 0.717) is 13.2 Å². The molecule has 0 saturated carbocycles. The Balaban J connectivity index is 0.00000364. The predicted octanol–water partition coefficient (Wildman–Crippen LogP) is 3.44. The minimum absolute atomic E-state index is 0. The highest BCUT2D eigenvalue weighted by molar-refractivity contribution is 5.85. The average molecular weight is 400 g/mol. The number of ether oxygens (including phenoxy) is 3. The van der Waals surface area contributed by atoms with Crippen LogP contribution >= 0.6 is 12.4 Å². The fraction of sp³-hybridized carbons (Fsp3) is 0.667. The molecule has 0 radical (unpaired) electrons. The Labute approximate surface area is 169 Å². The van der Waals surface area contributed by atoms with Crippen molar-refractivity contribution in [2.24, 2.45) is 11.7 Å². The molecule has 154 valence electrons. The van der Waals surface area contributed by atoms with Crippen molar-refractivity contribution >= 4 is 18.4 Å². The van der Waals surface area contributed by atoms with Gasteiger partial charge in [-0.1, -0.05) is 49.6 Å². The number of unbranched alkanes of at least 4 members (excludes halogenated alkanes) is 2. The molecule has 0 bridgehead atoms. The van der Waals surface area contributed by atoms with Gasteiger partial charge in [0.15, 0.2) is 0 Å². The molecule has 1 aromatic rings. The Bertz CT molecular complexity index is 552. The lowest BCUT2D eigenvalue weighted by atomic mass is 9.91. The average Bonchev–Trinajstić information content (AvgIpc) is 2.66. The highest BCUT2D eigenvalue weighted by atomic mass is 35.5. The Kier molecular flexibility index (Phi) is 10.9. The highest BCUT2D eigenvalue weighted by Crippen LogP contribution is 2.23. The maximum Gasteiger partial charge on any atom is 0.325 e. The number of rotatable bonds is 7. The van der Waals surface area contributed by atoms with Crippen LogP contribution < -0.4 is 5.73 Å². The third-order valence-corrected chi connectivity index (χ3v) is 4.84. The van der Waals surface area contributed by atoms with Crippen molar-refractivity contribution in [1.82, 2.24) is 0 Å². The molecule has 6 heteroatoms. The second-order valence-electron chi connectivity index (χ2n) is 7.28. The van der Waals surface area contributed by atoms with Gasteiger partial charge in [0.25, 0.3) is 0 Å². The number of esters is 1. The first-order valence-corrected chi connectivity index (χ1v) is 9.72. The van der Waals surface area contributed by atoms with Gasteiger partial charge in [-0.2, -0.15) is 0 Å². The Hall–Kier alpha value is -1.14. The SMILES string of the molecule is CCCCCO[C@@H]1[C@@H](Cc2ccc(C)cc2)COC[C@H](N)C(=O)O[C@H]1C.Cl. The Morgan fingerprint density at radius 2 is 1.89 bits per heavy atom. The van der Waals surface area contributed by atoms with Gasteiger partial charge in [-0.05, 0) is 32.3 Å². The van der Waals surface area contributed by atoms with E-state index in [1.165, 1.54) is 11.1 Å². The van der Waals surface area contributed by atoms with Crippen LogP contribution in [0.2, 0.25) is 0 Å². The molecule has 2 rings (SSSR count). The molecule has 0 amide bonds. The van der Waals surface area contributed by atoms with Gasteiger partial charge >= 0.3 is 5.97 Å². The van der Waals surface area contributed by atoms with Gasteiger partial charge in [0.2, 0.25) is 0 Å². The molecule has 1 aromatic carbocycles. The van der Waals surface area contributed by atoms with Crippen molar-refractivity contribution in [3.63, 3.8) is 0 Å². The summed E-state index contributed by atoms with van der Waals surface area (Å²) in [4.78, 5) is 12.1. The van der Waals surface area contributed by atoms with Crippen LogP contribution in [-0.4, -0.2) is 44.0 Å². The third-order valence-electron chi connectivity index (χ3n) is 4.84. The first kappa shape index (κ1) is 23.9. The summed E-state index contributed by atoms with van der Waals surface area (Å²) >= 11 is 0. The number of benzene rings is 1. The van der Waals surface area contributed by atoms with Crippen LogP contribution in [0.4, 0.5) is 0 Å². The van der Waals surface area contributed by atoms with Crippen molar-refractivity contribution in [1.29, 1.82) is 0 Å². The summed E-state index contributed by atoms with van der Waals surface area (Å²) in [5, 5.41) is 0. The molecule has 1 aliphatic rings. The zero-order valence-corrected chi connectivity index (χ0v) is 17.5. The van der Waals surface area contributed by atoms with Crippen LogP contribution in [0.25, 0.3) is 0 Å². The Morgan fingerprint density at radius 3 is 2.56 bits per heavy atom. The number of nitrogens with two attached hydrogens (primary N) is 1. The lowest BCUT2D eigenvalue weighted by Gasteiger charge is -2.31. The number of carbonyl (C=O) groups excluding carboxylic acids is 1. The van der Waals surface area contributed by atoms with Gasteiger partial charge in [-0.25, -0.2) is 0 Å². The molecular formula is C21H34ClNO4. The molecule has 0 aliphatic carbocycles. The standard InChI is InChI=1S/C21H33NO4.ClH/c1-4-5-6-11-25-20-16(3)26-21(23)19(22)14-24-13-18(20)12-17-9-7-15(2)8-10-17;/h7-10,16,18-20H,4-6,11-14,22H2,1-3H3;1H/t16-,18-,19-,20-;/m0./s1. The molecule has 1 fully saturated rings. The maximum absolute atomic E-state index is 12.1. The zero-order chi connectivity index (χ0) is 18.9. The van der Waals surface area contributed by atoms with Crippen LogP contribution in [0, 0.1) is 12.8 Å². The van der Waals surface area contributed by atoms with E-state index in [9.17, 15) is 4.79 Å². The summed E-state index contributed by atoms with van der Waals surface area (Å²) in [7, 11) is 0. The van der Waals surface area contributed by atoms with E-state index < -0.39 is 12.0 Å². The molecule has 0 spiro atoms. The molecule has 4 atom stereocenters. The second kappa shape index (κ2) is 12.3. The van der Waals surface area contributed by atoms with Crippen molar-refractivity contribution < 1.29 is 19.0 Å². The largest absolute Gasteiger partial charge is 0.459 e. The monoisotopic (exact) mass is 399 g/mol. The lowest BCUT2D eigenvalue weighted by molar-refractivity contribution is -0.159. The molecule has 27 heavy (non-hydrogen) atoms. The highest BCUT2D eigenvalue weighted by Gasteiger charge is 2.33. The minimum atomic E-state index is -0.740. The van der Waals surface area contributed by atoms with Crippen LogP contribution in [-0.2, 0) is 25.4 Å². The van der Waals surface area contributed by atoms with Gasteiger partial charge in [0.05, 0.1) is 19.3 Å². The molecule has 1 aliphatic heterocycles. The van der Waals surface area contributed by atoms with Gasteiger partial charge in [-0.3, -0.25) is 4.79 Å². The molecule has 0 unspecified atom stereocenters. The Morgan fingerprint density at radius 1 is 1.19 bits per heavy atom. The summed E-state index contributed by atoms with van der Waals surface area (Å²) < 4.78 is 17.5. The van der Waals surface area contributed by atoms with E-state index >= 15 is 0 Å². The number of aryl methyl sites for hydroxylation is 1. The predicted molar refractivity (Wildman–Crippen MR) is 109 cm³/mol. The molecule has 5 nitrogen and oxygen atoms in total. The summed E-state index contributed by atoms with van der Waals surface area (Å²) in [6, 6.07) is 7.76. The molecule has 0 aromatic heterocycles. The summed E-state index contributed by atoms with van der Waals surface area (Å²) in [6.07, 6.45) is 3.53. The van der Waals surface area contributed by atoms with Crippen molar-refractivity contribution in [3.05, 3.63) is 35.4 Å². The number of hydrogen-bond acceptors (Lipinski definition) is 5. The number of hydrogen-bond donors (Lipinski definition) is 1. The molecule has 1 saturated heterocycles. The summed E-state index contributed by atoms with van der Waals surface area (Å²) in [5.41, 5.74) is 8.31. The van der Waals surface area contributed by atoms with Gasteiger partial charge in [0.1, 0.15) is 12.1 Å². The second-order valence-corrected chi connectivity index (χ2v) is 7.28. The maximum atomic E-state index is 12.1. The quantitative estimate of drug-likeness (QED) is 0.561. The van der Waals surface area contributed by atoms with Crippen LogP contribution in [0.5, 0.6) is 0 Å². The summed E-state index contributed by atoms with van der Waals surface area (Å²) in [5.74, 6) is -0.317. The first-order valence-electron chi connectivity index (χ1n) is 9.72. The van der Waals surface area contributed by atoms with E-state index in [-0.39, 0.29) is 37.1 Å². The number of carbonyl (C=O) groups is 1. The van der Waals surface area contributed by atoms with E-state index in [1.54, 1.807) is 0 Å². The van der Waals surface area contributed by atoms with Crippen LogP contribution in [0.1, 0.15) is 44.2 Å². The van der Waals surface area contributed by atoms with E-state index in [2.05, 4.69) is 38.1 Å². The topological polar surface area (TPSA) is 70.8 Å².